The number of aliphatic imine (C=N–C) groups is 1. The molecule has 1 aromatic heterocycles. The Bertz CT molecular complexity index is 805. The Hall–Kier alpha value is -2.12. The molecule has 0 saturated heterocycles. The van der Waals surface area contributed by atoms with Crippen LogP contribution in [-0.4, -0.2) is 45.2 Å². The highest BCUT2D eigenvalue weighted by molar-refractivity contribution is 8.01. The van der Waals surface area contributed by atoms with Gasteiger partial charge < -0.3 is 9.47 Å². The zero-order chi connectivity index (χ0) is 17.8. The van der Waals surface area contributed by atoms with Gasteiger partial charge in [0.2, 0.25) is 0 Å². The first-order valence-electron chi connectivity index (χ1n) is 7.77. The number of thioether (sulfide) groups is 1. The number of para-hydroxylation sites is 1. The summed E-state index contributed by atoms with van der Waals surface area (Å²) in [5.41, 5.74) is 0.794. The quantitative estimate of drug-likeness (QED) is 0.595. The van der Waals surface area contributed by atoms with Gasteiger partial charge in [-0.2, -0.15) is 0 Å². The molecular weight excluding hydrogens is 358 g/mol. The second kappa shape index (κ2) is 7.84. The molecule has 0 bridgehead atoms. The number of halogens is 1. The van der Waals surface area contributed by atoms with E-state index in [0.717, 1.165) is 11.5 Å². The van der Waals surface area contributed by atoms with Gasteiger partial charge in [0.25, 0.3) is 5.91 Å². The monoisotopic (exact) mass is 375 g/mol. The van der Waals surface area contributed by atoms with E-state index < -0.39 is 4.71 Å². The fraction of sp³-hybridized carbons (Fsp3) is 0.294. The highest BCUT2D eigenvalue weighted by atomic mass is 35.5. The maximum atomic E-state index is 12.6. The van der Waals surface area contributed by atoms with Crippen LogP contribution in [0.3, 0.4) is 0 Å². The lowest BCUT2D eigenvalue weighted by atomic mass is 10.1. The van der Waals surface area contributed by atoms with E-state index >= 15 is 0 Å². The van der Waals surface area contributed by atoms with Gasteiger partial charge in [-0.1, -0.05) is 47.6 Å². The molecule has 2 heterocycles. The zero-order valence-corrected chi connectivity index (χ0v) is 15.5. The summed E-state index contributed by atoms with van der Waals surface area (Å²) in [4.78, 5) is 18.3. The lowest BCUT2D eigenvalue weighted by Gasteiger charge is -2.20. The predicted octanol–water partition coefficient (Wildman–Crippen LogP) is 2.86. The Labute approximate surface area is 155 Å². The van der Waals surface area contributed by atoms with Crippen LogP contribution < -0.4 is 4.90 Å². The standard InChI is InChI=1S/C17H18ClN5OS/c1-22(13-8-4-3-5-9-13)16(24)14(18)25-17-21-20-15(23(17)2)12-7-6-10-19-11-12/h3-10,12,14H,11H2,1-2H3. The number of rotatable bonds is 5. The van der Waals surface area contributed by atoms with Crippen molar-refractivity contribution in [3.8, 4) is 0 Å². The Morgan fingerprint density at radius 2 is 2.12 bits per heavy atom. The first-order chi connectivity index (χ1) is 12.1. The molecule has 130 valence electrons. The molecule has 25 heavy (non-hydrogen) atoms. The Kier molecular flexibility index (Phi) is 5.55. The van der Waals surface area contributed by atoms with Gasteiger partial charge in [0.05, 0.1) is 12.5 Å². The van der Waals surface area contributed by atoms with E-state index in [0.29, 0.717) is 11.7 Å². The van der Waals surface area contributed by atoms with Crippen molar-refractivity contribution in [2.24, 2.45) is 12.0 Å². The molecule has 3 rings (SSSR count). The number of dihydropyridines is 1. The van der Waals surface area contributed by atoms with Crippen LogP contribution in [0.4, 0.5) is 5.69 Å². The number of amides is 1. The summed E-state index contributed by atoms with van der Waals surface area (Å²) < 4.78 is 1.08. The van der Waals surface area contributed by atoms with E-state index in [4.69, 9.17) is 11.6 Å². The number of nitrogens with zero attached hydrogens (tertiary/aromatic N) is 5. The fourth-order valence-electron chi connectivity index (χ4n) is 2.47. The number of alkyl halides is 1. The number of allylic oxidation sites excluding steroid dienone is 1. The minimum absolute atomic E-state index is 0.0910. The maximum Gasteiger partial charge on any atom is 0.255 e. The van der Waals surface area contributed by atoms with Gasteiger partial charge in [-0.3, -0.25) is 9.79 Å². The smallest absolute Gasteiger partial charge is 0.255 e. The van der Waals surface area contributed by atoms with Crippen molar-refractivity contribution in [1.29, 1.82) is 0 Å². The van der Waals surface area contributed by atoms with Crippen LogP contribution in [-0.2, 0) is 11.8 Å². The molecule has 0 saturated carbocycles. The predicted molar refractivity (Wildman–Crippen MR) is 102 cm³/mol. The lowest BCUT2D eigenvalue weighted by molar-refractivity contribution is -0.116. The SMILES string of the molecule is CN(C(=O)C(Cl)Sc1nnc(C2C=CC=NC2)n1C)c1ccccc1. The van der Waals surface area contributed by atoms with Crippen LogP contribution in [0.1, 0.15) is 11.7 Å². The number of carbonyl (C=O) groups is 1. The molecule has 0 N–H and O–H groups in total. The van der Waals surface area contributed by atoms with E-state index in [9.17, 15) is 4.79 Å². The molecule has 0 spiro atoms. The van der Waals surface area contributed by atoms with Crippen LogP contribution in [0.15, 0.2) is 52.6 Å². The van der Waals surface area contributed by atoms with Crippen molar-refractivity contribution >= 4 is 41.2 Å². The third-order valence-corrected chi connectivity index (χ3v) is 5.34. The van der Waals surface area contributed by atoms with E-state index in [-0.39, 0.29) is 11.8 Å². The molecule has 2 aromatic rings. The number of carbonyl (C=O) groups excluding carboxylic acids is 1. The van der Waals surface area contributed by atoms with Gasteiger partial charge in [-0.05, 0) is 18.2 Å². The van der Waals surface area contributed by atoms with Crippen LogP contribution in [0, 0.1) is 0 Å². The van der Waals surface area contributed by atoms with Crippen LogP contribution >= 0.6 is 23.4 Å². The van der Waals surface area contributed by atoms with E-state index in [2.05, 4.69) is 15.2 Å². The minimum atomic E-state index is -0.791. The molecule has 0 radical (unpaired) electrons. The summed E-state index contributed by atoms with van der Waals surface area (Å²) in [6.45, 7) is 0.646. The second-order valence-corrected chi connectivity index (χ2v) is 7.34. The fourth-order valence-corrected chi connectivity index (χ4v) is 3.64. The van der Waals surface area contributed by atoms with E-state index in [1.165, 1.54) is 11.8 Å². The molecule has 8 heteroatoms. The van der Waals surface area contributed by atoms with Crippen molar-refractivity contribution < 1.29 is 4.79 Å². The molecule has 0 fully saturated rings. The molecule has 2 atom stereocenters. The van der Waals surface area contributed by atoms with E-state index in [1.807, 2.05) is 54.1 Å². The average molecular weight is 376 g/mol. The van der Waals surface area contributed by atoms with Crippen LogP contribution in [0.5, 0.6) is 0 Å². The summed E-state index contributed by atoms with van der Waals surface area (Å²) in [6.07, 6.45) is 5.71. The second-order valence-electron chi connectivity index (χ2n) is 5.57. The summed E-state index contributed by atoms with van der Waals surface area (Å²) in [7, 11) is 3.58. The van der Waals surface area contributed by atoms with E-state index in [1.54, 1.807) is 18.2 Å². The maximum absolute atomic E-state index is 12.6. The molecule has 1 aliphatic rings. The van der Waals surface area contributed by atoms with Crippen molar-refractivity contribution in [2.75, 3.05) is 18.5 Å². The summed E-state index contributed by atoms with van der Waals surface area (Å²) >= 11 is 7.52. The largest absolute Gasteiger partial charge is 0.313 e. The number of anilines is 1. The van der Waals surface area contributed by atoms with Crippen LogP contribution in [0.2, 0.25) is 0 Å². The number of hydrogen-bond donors (Lipinski definition) is 0. The molecular formula is C17H18ClN5OS. The van der Waals surface area contributed by atoms with Crippen molar-refractivity contribution in [1.82, 2.24) is 14.8 Å². The molecule has 6 nitrogen and oxygen atoms in total. The summed E-state index contributed by atoms with van der Waals surface area (Å²) in [5.74, 6) is 0.696. The molecule has 1 amide bonds. The van der Waals surface area contributed by atoms with Gasteiger partial charge in [0.1, 0.15) is 5.82 Å². The summed E-state index contributed by atoms with van der Waals surface area (Å²) in [5, 5.41) is 9.02. The molecule has 2 unspecified atom stereocenters. The van der Waals surface area contributed by atoms with Crippen molar-refractivity contribution in [3.63, 3.8) is 0 Å². The van der Waals surface area contributed by atoms with Crippen molar-refractivity contribution in [2.45, 2.75) is 15.8 Å². The average Bonchev–Trinajstić information content (AvgIpc) is 3.02. The highest BCUT2D eigenvalue weighted by Gasteiger charge is 2.25. The lowest BCUT2D eigenvalue weighted by Crippen LogP contribution is -2.32. The topological polar surface area (TPSA) is 63.4 Å². The summed E-state index contributed by atoms with van der Waals surface area (Å²) in [6, 6.07) is 9.39. The number of benzene rings is 1. The van der Waals surface area contributed by atoms with Gasteiger partial charge in [0.15, 0.2) is 9.87 Å². The third-order valence-electron chi connectivity index (χ3n) is 3.91. The molecule has 1 aliphatic heterocycles. The van der Waals surface area contributed by atoms with Gasteiger partial charge >= 0.3 is 0 Å². The molecule has 0 aliphatic carbocycles. The normalized spacial score (nSPS) is 17.5. The minimum Gasteiger partial charge on any atom is -0.313 e. The Morgan fingerprint density at radius 1 is 1.36 bits per heavy atom. The van der Waals surface area contributed by atoms with Crippen LogP contribution in [0.25, 0.3) is 0 Å². The number of hydrogen-bond acceptors (Lipinski definition) is 5. The van der Waals surface area contributed by atoms with Gasteiger partial charge in [-0.15, -0.1) is 10.2 Å². The third kappa shape index (κ3) is 3.93. The highest BCUT2D eigenvalue weighted by Crippen LogP contribution is 2.29. The van der Waals surface area contributed by atoms with Crippen molar-refractivity contribution in [3.05, 3.63) is 48.3 Å². The zero-order valence-electron chi connectivity index (χ0n) is 13.9. The molecule has 1 aromatic carbocycles. The Balaban J connectivity index is 1.70. The number of aromatic nitrogens is 3. The first kappa shape index (κ1) is 17.7. The Morgan fingerprint density at radius 3 is 2.80 bits per heavy atom. The first-order valence-corrected chi connectivity index (χ1v) is 9.09. The van der Waals surface area contributed by atoms with Gasteiger partial charge in [0, 0.05) is 26.0 Å². The van der Waals surface area contributed by atoms with Gasteiger partial charge in [-0.25, -0.2) is 0 Å².